The second-order valence-electron chi connectivity index (χ2n) is 6.25. The van der Waals surface area contributed by atoms with E-state index in [1.165, 1.54) is 21.9 Å². The summed E-state index contributed by atoms with van der Waals surface area (Å²) in [7, 11) is 0. The normalized spacial score (nSPS) is 13.3. The lowest BCUT2D eigenvalue weighted by Crippen LogP contribution is -2.35. The summed E-state index contributed by atoms with van der Waals surface area (Å²) in [6.07, 6.45) is 18.7. The lowest BCUT2D eigenvalue weighted by Gasteiger charge is -2.30. The Labute approximate surface area is 231 Å². The Morgan fingerprint density at radius 3 is 2.05 bits per heavy atom. The van der Waals surface area contributed by atoms with E-state index >= 15 is 0 Å². The molecule has 1 aliphatic heterocycles. The van der Waals surface area contributed by atoms with Gasteiger partial charge in [0.15, 0.2) is 11.3 Å². The summed E-state index contributed by atoms with van der Waals surface area (Å²) in [6.45, 7) is 28.0. The van der Waals surface area contributed by atoms with Gasteiger partial charge < -0.3 is 4.90 Å². The molecule has 1 aliphatic rings. The van der Waals surface area contributed by atoms with Gasteiger partial charge in [-0.1, -0.05) is 111 Å². The van der Waals surface area contributed by atoms with Crippen molar-refractivity contribution < 1.29 is 4.79 Å². The highest BCUT2D eigenvalue weighted by Gasteiger charge is 2.23. The molecule has 0 saturated heterocycles. The maximum absolute atomic E-state index is 13.0. The fourth-order valence-corrected chi connectivity index (χ4v) is 4.00. The topological polar surface area (TPSA) is 61.9 Å². The number of aromatic nitrogens is 2. The van der Waals surface area contributed by atoms with Crippen LogP contribution in [0.4, 0.5) is 0 Å². The number of hydrogen-bond acceptors (Lipinski definition) is 4. The SMILES string of the molecule is C=C/C=c1/nc(SCC(=O)N2CCCC(/C=C\C)=C2/C=C\C)n(C#N)/c1=C/C=C.CC.CC.CC.CC. The van der Waals surface area contributed by atoms with Crippen molar-refractivity contribution in [2.24, 2.45) is 0 Å². The van der Waals surface area contributed by atoms with Crippen LogP contribution in [0.15, 0.2) is 66.0 Å². The van der Waals surface area contributed by atoms with Gasteiger partial charge in [-0.15, -0.1) is 0 Å². The first kappa shape index (κ1) is 38.5. The third-order valence-electron chi connectivity index (χ3n) is 4.33. The minimum absolute atomic E-state index is 0.000735. The molecule has 0 aromatic carbocycles. The van der Waals surface area contributed by atoms with Crippen molar-refractivity contribution in [1.82, 2.24) is 14.5 Å². The Morgan fingerprint density at radius 1 is 1.00 bits per heavy atom. The molecule has 1 amide bonds. The molecule has 0 unspecified atom stereocenters. The smallest absolute Gasteiger partial charge is 0.237 e. The van der Waals surface area contributed by atoms with Crippen molar-refractivity contribution in [1.29, 1.82) is 5.26 Å². The highest BCUT2D eigenvalue weighted by atomic mass is 32.2. The highest BCUT2D eigenvalue weighted by Crippen LogP contribution is 2.26. The zero-order valence-corrected chi connectivity index (χ0v) is 25.8. The molecule has 0 atom stereocenters. The molecule has 6 heteroatoms. The lowest BCUT2D eigenvalue weighted by atomic mass is 10.0. The number of nitrogens with zero attached hydrogens (tertiary/aromatic N) is 4. The molecule has 206 valence electrons. The minimum Gasteiger partial charge on any atom is -0.311 e. The van der Waals surface area contributed by atoms with Crippen LogP contribution in [-0.4, -0.2) is 32.7 Å². The third kappa shape index (κ3) is 12.7. The van der Waals surface area contributed by atoms with Crippen LogP contribution in [0.25, 0.3) is 12.2 Å². The first-order valence-electron chi connectivity index (χ1n) is 13.5. The van der Waals surface area contributed by atoms with Gasteiger partial charge in [0.05, 0.1) is 16.5 Å². The lowest BCUT2D eigenvalue weighted by molar-refractivity contribution is -0.126. The minimum atomic E-state index is 0.000735. The molecule has 5 nitrogen and oxygen atoms in total. The van der Waals surface area contributed by atoms with Gasteiger partial charge in [-0.3, -0.25) is 4.79 Å². The molecule has 0 radical (unpaired) electrons. The van der Waals surface area contributed by atoms with Gasteiger partial charge in [0.25, 0.3) is 0 Å². The van der Waals surface area contributed by atoms with Crippen LogP contribution < -0.4 is 10.7 Å². The summed E-state index contributed by atoms with van der Waals surface area (Å²) >= 11 is 1.26. The van der Waals surface area contributed by atoms with E-state index in [9.17, 15) is 10.1 Å². The zero-order valence-electron chi connectivity index (χ0n) is 25.0. The largest absolute Gasteiger partial charge is 0.311 e. The molecule has 37 heavy (non-hydrogen) atoms. The van der Waals surface area contributed by atoms with E-state index in [-0.39, 0.29) is 11.7 Å². The van der Waals surface area contributed by atoms with Crippen molar-refractivity contribution in [2.45, 2.75) is 87.2 Å². The quantitative estimate of drug-likeness (QED) is 0.348. The van der Waals surface area contributed by atoms with Crippen LogP contribution in [0, 0.1) is 11.5 Å². The summed E-state index contributed by atoms with van der Waals surface area (Å²) in [5.74, 6) is 0.199. The first-order chi connectivity index (χ1) is 18.1. The Hall–Kier alpha value is -3.04. The summed E-state index contributed by atoms with van der Waals surface area (Å²) in [5, 5.41) is 11.3. The van der Waals surface area contributed by atoms with E-state index in [0.29, 0.717) is 22.4 Å². The van der Waals surface area contributed by atoms with Crippen molar-refractivity contribution >= 4 is 29.8 Å². The molecule has 1 aromatic heterocycles. The fraction of sp³-hybridized carbons (Fsp3) is 0.452. The Balaban J connectivity index is -0.00000131. The number of hydrogen-bond donors (Lipinski definition) is 0. The van der Waals surface area contributed by atoms with Gasteiger partial charge in [-0.2, -0.15) is 5.26 Å². The van der Waals surface area contributed by atoms with Crippen LogP contribution in [-0.2, 0) is 4.79 Å². The Bertz CT molecular complexity index is 1040. The predicted molar refractivity (Wildman–Crippen MR) is 166 cm³/mol. The molecule has 0 N–H and O–H groups in total. The summed E-state index contributed by atoms with van der Waals surface area (Å²) in [6, 6.07) is 0. The van der Waals surface area contributed by atoms with E-state index < -0.39 is 0 Å². The maximum Gasteiger partial charge on any atom is 0.237 e. The van der Waals surface area contributed by atoms with E-state index in [1.807, 2.05) is 92.4 Å². The summed E-state index contributed by atoms with van der Waals surface area (Å²) < 4.78 is 1.42. The Kier molecular flexibility index (Phi) is 27.1. The molecule has 0 aliphatic carbocycles. The number of amides is 1. The second-order valence-corrected chi connectivity index (χ2v) is 7.20. The van der Waals surface area contributed by atoms with Gasteiger partial charge in [0, 0.05) is 12.2 Å². The Morgan fingerprint density at radius 2 is 1.57 bits per heavy atom. The average Bonchev–Trinajstić information content (AvgIpc) is 3.29. The average molecular weight is 527 g/mol. The number of thioether (sulfide) groups is 1. The van der Waals surface area contributed by atoms with Crippen LogP contribution >= 0.6 is 11.8 Å². The molecule has 1 aromatic rings. The molecule has 2 heterocycles. The highest BCUT2D eigenvalue weighted by molar-refractivity contribution is 7.99. The van der Waals surface area contributed by atoms with Crippen LogP contribution in [0.1, 0.15) is 82.1 Å². The van der Waals surface area contributed by atoms with Crippen molar-refractivity contribution in [2.75, 3.05) is 12.3 Å². The number of rotatable bonds is 7. The fourth-order valence-electron chi connectivity index (χ4n) is 3.16. The van der Waals surface area contributed by atoms with Gasteiger partial charge in [0.2, 0.25) is 5.91 Å². The second kappa shape index (κ2) is 26.0. The number of allylic oxidation sites excluding steroid dienone is 7. The molecular formula is C31H50N4OS. The van der Waals surface area contributed by atoms with Crippen molar-refractivity contribution in [3.05, 3.63) is 71.6 Å². The van der Waals surface area contributed by atoms with E-state index in [0.717, 1.165) is 18.5 Å². The van der Waals surface area contributed by atoms with E-state index in [4.69, 9.17) is 0 Å². The van der Waals surface area contributed by atoms with Crippen LogP contribution in [0.2, 0.25) is 0 Å². The molecule has 0 fully saturated rings. The van der Waals surface area contributed by atoms with Crippen LogP contribution in [0.3, 0.4) is 0 Å². The number of nitriles is 1. The first-order valence-corrected chi connectivity index (χ1v) is 14.5. The number of imidazole rings is 1. The number of carbonyl (C=O) groups is 1. The maximum atomic E-state index is 13.0. The van der Waals surface area contributed by atoms with Gasteiger partial charge in [0.1, 0.15) is 0 Å². The van der Waals surface area contributed by atoms with E-state index in [2.05, 4.69) is 30.4 Å². The van der Waals surface area contributed by atoms with E-state index in [1.54, 1.807) is 24.3 Å². The number of carbonyl (C=O) groups excluding carboxylic acids is 1. The zero-order chi connectivity index (χ0) is 29.2. The molecule has 2 rings (SSSR count). The van der Waals surface area contributed by atoms with Crippen molar-refractivity contribution in [3.63, 3.8) is 0 Å². The summed E-state index contributed by atoms with van der Waals surface area (Å²) in [4.78, 5) is 19.3. The standard InChI is InChI=1S/C23H26N4OS.4C2H6/c1-5-10-18-14-9-15-26(20(18)12-7-3)22(28)16-29-23-25-19(11-6-2)21(13-8-4)27(23)17-24;4*1-2/h5-8,10-13H,2,4,9,14-16H2,1,3H3;4*1-2H3/b10-5-,12-7-,19-11+,21-13+;;;;. The molecule has 0 saturated carbocycles. The molecule has 0 bridgehead atoms. The van der Waals surface area contributed by atoms with Crippen LogP contribution in [0.5, 0.6) is 0 Å². The molecular weight excluding hydrogens is 476 g/mol. The van der Waals surface area contributed by atoms with Gasteiger partial charge in [-0.05, 0) is 50.5 Å². The predicted octanol–water partition coefficient (Wildman–Crippen LogP) is 7.37. The van der Waals surface area contributed by atoms with Gasteiger partial charge in [-0.25, -0.2) is 9.55 Å². The third-order valence-corrected chi connectivity index (χ3v) is 5.25. The van der Waals surface area contributed by atoms with Gasteiger partial charge >= 0.3 is 0 Å². The monoisotopic (exact) mass is 526 g/mol. The van der Waals surface area contributed by atoms with Crippen molar-refractivity contribution in [3.8, 4) is 6.19 Å². The molecule has 0 spiro atoms. The summed E-state index contributed by atoms with van der Waals surface area (Å²) in [5.41, 5.74) is 2.12.